The molecule has 0 aliphatic carbocycles. The van der Waals surface area contributed by atoms with Gasteiger partial charge in [-0.2, -0.15) is 5.10 Å². The van der Waals surface area contributed by atoms with Gasteiger partial charge in [0.05, 0.1) is 30.7 Å². The average molecular weight is 299 g/mol. The zero-order chi connectivity index (χ0) is 15.5. The first-order chi connectivity index (χ1) is 10.6. The van der Waals surface area contributed by atoms with Crippen molar-refractivity contribution >= 4 is 5.91 Å². The van der Waals surface area contributed by atoms with Crippen LogP contribution in [-0.2, 0) is 6.54 Å². The van der Waals surface area contributed by atoms with Crippen LogP contribution in [0.1, 0.15) is 41.0 Å². The molecule has 0 radical (unpaired) electrons. The first-order valence-electron chi connectivity index (χ1n) is 7.72. The van der Waals surface area contributed by atoms with E-state index in [0.717, 1.165) is 43.6 Å². The van der Waals surface area contributed by atoms with Crippen LogP contribution in [0.5, 0.6) is 0 Å². The normalized spacial score (nSPS) is 18.5. The van der Waals surface area contributed by atoms with Crippen molar-refractivity contribution in [3.8, 4) is 0 Å². The summed E-state index contributed by atoms with van der Waals surface area (Å²) in [6.45, 7) is 5.40. The van der Waals surface area contributed by atoms with Gasteiger partial charge in [-0.25, -0.2) is 4.98 Å². The van der Waals surface area contributed by atoms with Gasteiger partial charge in [-0.1, -0.05) is 0 Å². The number of nitrogens with zero attached hydrogens (tertiary/aromatic N) is 5. The van der Waals surface area contributed by atoms with Gasteiger partial charge in [-0.05, 0) is 38.7 Å². The Morgan fingerprint density at radius 3 is 2.77 bits per heavy atom. The van der Waals surface area contributed by atoms with Crippen LogP contribution >= 0.6 is 0 Å². The van der Waals surface area contributed by atoms with Gasteiger partial charge in [0.15, 0.2) is 0 Å². The lowest BCUT2D eigenvalue weighted by molar-refractivity contribution is 0.0577. The molecular formula is C16H21N5O. The molecule has 3 rings (SSSR count). The maximum atomic E-state index is 12.7. The van der Waals surface area contributed by atoms with Crippen molar-refractivity contribution in [2.24, 2.45) is 0 Å². The molecule has 0 bridgehead atoms. The first kappa shape index (κ1) is 14.7. The summed E-state index contributed by atoms with van der Waals surface area (Å²) in [7, 11) is 0. The van der Waals surface area contributed by atoms with Crippen LogP contribution in [0.4, 0.5) is 0 Å². The Morgan fingerprint density at radius 2 is 2.09 bits per heavy atom. The Bertz CT molecular complexity index is 649. The second-order valence-electron chi connectivity index (χ2n) is 5.93. The van der Waals surface area contributed by atoms with Gasteiger partial charge in [0, 0.05) is 18.9 Å². The molecule has 1 atom stereocenters. The molecule has 116 valence electrons. The Kier molecular flexibility index (Phi) is 4.18. The van der Waals surface area contributed by atoms with Crippen LogP contribution < -0.4 is 0 Å². The van der Waals surface area contributed by atoms with Gasteiger partial charge in [0.2, 0.25) is 0 Å². The van der Waals surface area contributed by atoms with Gasteiger partial charge in [-0.3, -0.25) is 14.5 Å². The molecule has 1 aliphatic heterocycles. The minimum Gasteiger partial charge on any atom is -0.332 e. The number of carbonyl (C=O) groups is 1. The number of hydrogen-bond acceptors (Lipinski definition) is 4. The monoisotopic (exact) mass is 299 g/mol. The number of carbonyl (C=O) groups excluding carboxylic acids is 1. The van der Waals surface area contributed by atoms with Crippen molar-refractivity contribution in [1.29, 1.82) is 0 Å². The molecule has 6 heteroatoms. The van der Waals surface area contributed by atoms with E-state index < -0.39 is 0 Å². The lowest BCUT2D eigenvalue weighted by atomic mass is 10.0. The highest BCUT2D eigenvalue weighted by Gasteiger charge is 2.28. The highest BCUT2D eigenvalue weighted by atomic mass is 16.2. The third kappa shape index (κ3) is 3.16. The number of piperidine rings is 1. The van der Waals surface area contributed by atoms with E-state index in [1.807, 2.05) is 35.8 Å². The predicted octanol–water partition coefficient (Wildman–Crippen LogP) is 1.98. The molecule has 22 heavy (non-hydrogen) atoms. The van der Waals surface area contributed by atoms with E-state index in [9.17, 15) is 4.79 Å². The van der Waals surface area contributed by atoms with Crippen molar-refractivity contribution < 1.29 is 4.79 Å². The van der Waals surface area contributed by atoms with Gasteiger partial charge in [0.25, 0.3) is 5.91 Å². The topological polar surface area (TPSA) is 63.9 Å². The molecule has 0 saturated carbocycles. The lowest BCUT2D eigenvalue weighted by Gasteiger charge is -2.35. The summed E-state index contributed by atoms with van der Waals surface area (Å²) in [5.41, 5.74) is 2.38. The molecular weight excluding hydrogens is 278 g/mol. The highest BCUT2D eigenvalue weighted by molar-refractivity contribution is 5.92. The highest BCUT2D eigenvalue weighted by Crippen LogP contribution is 2.20. The van der Waals surface area contributed by atoms with E-state index >= 15 is 0 Å². The van der Waals surface area contributed by atoms with Crippen molar-refractivity contribution in [2.45, 2.75) is 45.7 Å². The second-order valence-corrected chi connectivity index (χ2v) is 5.93. The molecule has 1 unspecified atom stereocenters. The SMILES string of the molecule is Cc1cnn(CC2CCCCN2C(=O)c2cnc(C)cn2)c1. The Balaban J connectivity index is 1.76. The second kappa shape index (κ2) is 6.25. The number of likely N-dealkylation sites (tertiary alicyclic amines) is 1. The lowest BCUT2D eigenvalue weighted by Crippen LogP contribution is -2.46. The molecule has 0 aromatic carbocycles. The summed E-state index contributed by atoms with van der Waals surface area (Å²) in [6.07, 6.45) is 10.3. The van der Waals surface area contributed by atoms with E-state index in [2.05, 4.69) is 15.1 Å². The Morgan fingerprint density at radius 1 is 1.23 bits per heavy atom. The summed E-state index contributed by atoms with van der Waals surface area (Å²) in [5.74, 6) is -0.0268. The fraction of sp³-hybridized carbons (Fsp3) is 0.500. The fourth-order valence-electron chi connectivity index (χ4n) is 2.89. The molecule has 1 fully saturated rings. The predicted molar refractivity (Wildman–Crippen MR) is 82.4 cm³/mol. The zero-order valence-corrected chi connectivity index (χ0v) is 13.1. The number of aromatic nitrogens is 4. The number of amides is 1. The molecule has 0 N–H and O–H groups in total. The summed E-state index contributed by atoms with van der Waals surface area (Å²) in [4.78, 5) is 23.0. The van der Waals surface area contributed by atoms with Crippen molar-refractivity contribution in [3.63, 3.8) is 0 Å². The Hall–Kier alpha value is -2.24. The van der Waals surface area contributed by atoms with E-state index in [0.29, 0.717) is 5.69 Å². The molecule has 1 amide bonds. The Labute approximate surface area is 130 Å². The van der Waals surface area contributed by atoms with Crippen LogP contribution in [0.25, 0.3) is 0 Å². The first-order valence-corrected chi connectivity index (χ1v) is 7.72. The summed E-state index contributed by atoms with van der Waals surface area (Å²) < 4.78 is 1.92. The average Bonchev–Trinajstić information content (AvgIpc) is 2.93. The molecule has 1 saturated heterocycles. The van der Waals surface area contributed by atoms with E-state index in [-0.39, 0.29) is 11.9 Å². The third-order valence-corrected chi connectivity index (χ3v) is 4.05. The van der Waals surface area contributed by atoms with E-state index in [1.165, 1.54) is 0 Å². The minimum atomic E-state index is -0.0268. The summed E-state index contributed by atoms with van der Waals surface area (Å²) in [5, 5.41) is 4.34. The van der Waals surface area contributed by atoms with Gasteiger partial charge in [-0.15, -0.1) is 0 Å². The standard InChI is InChI=1S/C16H21N5O/c1-12-7-19-20(10-12)11-14-5-3-4-6-21(14)16(22)15-9-17-13(2)8-18-15/h7-10,14H,3-6,11H2,1-2H3. The maximum Gasteiger partial charge on any atom is 0.274 e. The smallest absolute Gasteiger partial charge is 0.274 e. The molecule has 1 aliphatic rings. The van der Waals surface area contributed by atoms with Crippen LogP contribution in [0.15, 0.2) is 24.8 Å². The fourth-order valence-corrected chi connectivity index (χ4v) is 2.89. The number of hydrogen-bond donors (Lipinski definition) is 0. The van der Waals surface area contributed by atoms with Crippen LogP contribution in [-0.4, -0.2) is 43.1 Å². The molecule has 6 nitrogen and oxygen atoms in total. The van der Waals surface area contributed by atoms with Crippen LogP contribution in [0, 0.1) is 13.8 Å². The van der Waals surface area contributed by atoms with Gasteiger partial charge >= 0.3 is 0 Å². The van der Waals surface area contributed by atoms with Crippen molar-refractivity contribution in [2.75, 3.05) is 6.54 Å². The zero-order valence-electron chi connectivity index (χ0n) is 13.1. The van der Waals surface area contributed by atoms with E-state index in [1.54, 1.807) is 12.4 Å². The number of rotatable bonds is 3. The van der Waals surface area contributed by atoms with Crippen molar-refractivity contribution in [3.05, 3.63) is 41.7 Å². The van der Waals surface area contributed by atoms with Gasteiger partial charge in [0.1, 0.15) is 5.69 Å². The van der Waals surface area contributed by atoms with Gasteiger partial charge < -0.3 is 4.90 Å². The third-order valence-electron chi connectivity index (χ3n) is 4.05. The summed E-state index contributed by atoms with van der Waals surface area (Å²) in [6, 6.07) is 0.170. The molecule has 3 heterocycles. The maximum absolute atomic E-state index is 12.7. The molecule has 2 aromatic heterocycles. The van der Waals surface area contributed by atoms with Crippen molar-refractivity contribution in [1.82, 2.24) is 24.6 Å². The molecule has 2 aromatic rings. The largest absolute Gasteiger partial charge is 0.332 e. The minimum absolute atomic E-state index is 0.0268. The quantitative estimate of drug-likeness (QED) is 0.869. The van der Waals surface area contributed by atoms with Crippen LogP contribution in [0.3, 0.4) is 0 Å². The van der Waals surface area contributed by atoms with E-state index in [4.69, 9.17) is 0 Å². The molecule has 0 spiro atoms. The van der Waals surface area contributed by atoms with Crippen LogP contribution in [0.2, 0.25) is 0 Å². The summed E-state index contributed by atoms with van der Waals surface area (Å²) >= 11 is 0. The number of aryl methyl sites for hydroxylation is 2.